The molecule has 0 fully saturated rings. The first-order valence-corrected chi connectivity index (χ1v) is 6.61. The number of aromatic nitrogens is 2. The number of ether oxygens (including phenoxy) is 3. The summed E-state index contributed by atoms with van der Waals surface area (Å²) in [5.74, 6) is 0.492. The molecule has 1 aromatic heterocycles. The molecule has 1 aromatic carbocycles. The summed E-state index contributed by atoms with van der Waals surface area (Å²) in [4.78, 5) is 20.1. The minimum Gasteiger partial charge on any atom is -0.481 e. The maximum absolute atomic E-state index is 12.2. The predicted molar refractivity (Wildman–Crippen MR) is 80.3 cm³/mol. The zero-order valence-electron chi connectivity index (χ0n) is 12.6. The van der Waals surface area contributed by atoms with Crippen LogP contribution >= 0.6 is 0 Å². The zero-order chi connectivity index (χ0) is 15.9. The molecule has 0 saturated heterocycles. The Morgan fingerprint density at radius 3 is 2.55 bits per heavy atom. The average molecular weight is 303 g/mol. The third-order valence-corrected chi connectivity index (χ3v) is 2.79. The van der Waals surface area contributed by atoms with Crippen molar-refractivity contribution in [1.29, 1.82) is 0 Å². The fourth-order valence-electron chi connectivity index (χ4n) is 1.68. The van der Waals surface area contributed by atoms with Crippen molar-refractivity contribution in [3.63, 3.8) is 0 Å². The van der Waals surface area contributed by atoms with Crippen LogP contribution in [0, 0.1) is 0 Å². The van der Waals surface area contributed by atoms with Crippen molar-refractivity contribution >= 4 is 11.6 Å². The molecule has 0 saturated carbocycles. The fourth-order valence-corrected chi connectivity index (χ4v) is 1.68. The van der Waals surface area contributed by atoms with E-state index in [0.29, 0.717) is 11.4 Å². The van der Waals surface area contributed by atoms with Gasteiger partial charge < -0.3 is 19.5 Å². The summed E-state index contributed by atoms with van der Waals surface area (Å²) in [7, 11) is 2.89. The van der Waals surface area contributed by atoms with Crippen LogP contribution in [0.4, 0.5) is 5.69 Å². The molecule has 1 amide bonds. The number of methoxy groups -OCH3 is 2. The molecule has 0 radical (unpaired) electrons. The maximum atomic E-state index is 12.2. The Kier molecular flexibility index (Phi) is 5.13. The van der Waals surface area contributed by atoms with Crippen molar-refractivity contribution < 1.29 is 19.0 Å². The fraction of sp³-hybridized carbons (Fsp3) is 0.267. The van der Waals surface area contributed by atoms with Crippen molar-refractivity contribution in [2.45, 2.75) is 13.0 Å². The molecule has 22 heavy (non-hydrogen) atoms. The quantitative estimate of drug-likeness (QED) is 0.877. The van der Waals surface area contributed by atoms with Crippen LogP contribution in [0.3, 0.4) is 0 Å². The third-order valence-electron chi connectivity index (χ3n) is 2.79. The summed E-state index contributed by atoms with van der Waals surface area (Å²) in [5.41, 5.74) is 0.344. The van der Waals surface area contributed by atoms with E-state index in [4.69, 9.17) is 14.2 Å². The summed E-state index contributed by atoms with van der Waals surface area (Å²) in [6.07, 6.45) is 0.729. The van der Waals surface area contributed by atoms with Crippen LogP contribution in [0.15, 0.2) is 36.5 Å². The number of carbonyl (C=O) groups excluding carboxylic acids is 1. The van der Waals surface area contributed by atoms with Crippen molar-refractivity contribution in [2.75, 3.05) is 19.5 Å². The Bertz CT molecular complexity index is 634. The van der Waals surface area contributed by atoms with E-state index in [1.165, 1.54) is 20.4 Å². The molecule has 0 aliphatic carbocycles. The van der Waals surface area contributed by atoms with Gasteiger partial charge in [-0.25, -0.2) is 4.98 Å². The second-order valence-corrected chi connectivity index (χ2v) is 4.34. The highest BCUT2D eigenvalue weighted by Crippen LogP contribution is 2.23. The minimum atomic E-state index is -0.686. The van der Waals surface area contributed by atoms with Gasteiger partial charge in [0.2, 0.25) is 5.88 Å². The molecule has 1 atom stereocenters. The van der Waals surface area contributed by atoms with Crippen molar-refractivity contribution in [3.8, 4) is 17.6 Å². The molecule has 1 unspecified atom stereocenters. The van der Waals surface area contributed by atoms with Crippen LogP contribution in [0.5, 0.6) is 17.6 Å². The lowest BCUT2D eigenvalue weighted by Gasteiger charge is -2.15. The number of carbonyl (C=O) groups is 1. The first-order chi connectivity index (χ1) is 10.6. The maximum Gasteiger partial charge on any atom is 0.319 e. The molecule has 1 heterocycles. The molecule has 0 aliphatic heterocycles. The van der Waals surface area contributed by atoms with Crippen LogP contribution in [-0.4, -0.2) is 36.2 Å². The van der Waals surface area contributed by atoms with Crippen LogP contribution in [0.2, 0.25) is 0 Å². The predicted octanol–water partition coefficient (Wildman–Crippen LogP) is 1.90. The van der Waals surface area contributed by atoms with Gasteiger partial charge >= 0.3 is 6.01 Å². The topological polar surface area (TPSA) is 82.6 Å². The van der Waals surface area contributed by atoms with Gasteiger partial charge in [-0.15, -0.1) is 0 Å². The third kappa shape index (κ3) is 3.85. The number of rotatable bonds is 6. The highest BCUT2D eigenvalue weighted by atomic mass is 16.5. The number of nitrogens with zero attached hydrogens (tertiary/aromatic N) is 2. The van der Waals surface area contributed by atoms with Gasteiger partial charge in [0.15, 0.2) is 6.10 Å². The lowest BCUT2D eigenvalue weighted by molar-refractivity contribution is -0.122. The molecule has 7 heteroatoms. The molecule has 0 bridgehead atoms. The number of para-hydroxylation sites is 1. The van der Waals surface area contributed by atoms with Gasteiger partial charge in [-0.05, 0) is 19.1 Å². The monoisotopic (exact) mass is 303 g/mol. The van der Waals surface area contributed by atoms with Crippen LogP contribution < -0.4 is 19.5 Å². The highest BCUT2D eigenvalue weighted by Gasteiger charge is 2.18. The SMILES string of the molecule is COc1ncc(NC(=O)C(C)Oc2ccccc2)c(OC)n1. The Morgan fingerprint density at radius 2 is 1.91 bits per heavy atom. The van der Waals surface area contributed by atoms with E-state index in [0.717, 1.165) is 0 Å². The van der Waals surface area contributed by atoms with Crippen molar-refractivity contribution in [3.05, 3.63) is 36.5 Å². The Morgan fingerprint density at radius 1 is 1.18 bits per heavy atom. The van der Waals surface area contributed by atoms with E-state index in [9.17, 15) is 4.79 Å². The first kappa shape index (κ1) is 15.6. The normalized spacial score (nSPS) is 11.4. The highest BCUT2D eigenvalue weighted by molar-refractivity contribution is 5.95. The van der Waals surface area contributed by atoms with E-state index in [1.54, 1.807) is 19.1 Å². The molecule has 116 valence electrons. The lowest BCUT2D eigenvalue weighted by Crippen LogP contribution is -2.30. The van der Waals surface area contributed by atoms with E-state index < -0.39 is 6.10 Å². The van der Waals surface area contributed by atoms with Crippen molar-refractivity contribution in [2.24, 2.45) is 0 Å². The number of hydrogen-bond donors (Lipinski definition) is 1. The number of hydrogen-bond acceptors (Lipinski definition) is 6. The van der Waals surface area contributed by atoms with E-state index in [1.807, 2.05) is 18.2 Å². The number of anilines is 1. The van der Waals surface area contributed by atoms with Gasteiger partial charge in [0.1, 0.15) is 11.4 Å². The number of amides is 1. The zero-order valence-corrected chi connectivity index (χ0v) is 12.6. The average Bonchev–Trinajstić information content (AvgIpc) is 2.56. The van der Waals surface area contributed by atoms with Crippen LogP contribution in [0.1, 0.15) is 6.92 Å². The number of benzene rings is 1. The van der Waals surface area contributed by atoms with E-state index in [-0.39, 0.29) is 17.8 Å². The van der Waals surface area contributed by atoms with Crippen LogP contribution in [-0.2, 0) is 4.79 Å². The first-order valence-electron chi connectivity index (χ1n) is 6.61. The molecule has 2 aromatic rings. The van der Waals surface area contributed by atoms with Crippen LogP contribution in [0.25, 0.3) is 0 Å². The molecular formula is C15H17N3O4. The standard InChI is InChI=1S/C15H17N3O4/c1-10(22-11-7-5-4-6-8-11)13(19)17-12-9-16-15(21-3)18-14(12)20-2/h4-10H,1-3H3,(H,17,19). The largest absolute Gasteiger partial charge is 0.481 e. The Labute approximate surface area is 128 Å². The van der Waals surface area contributed by atoms with Gasteiger partial charge in [-0.2, -0.15) is 4.98 Å². The summed E-state index contributed by atoms with van der Waals surface area (Å²) >= 11 is 0. The summed E-state index contributed by atoms with van der Waals surface area (Å²) in [6.45, 7) is 1.65. The van der Waals surface area contributed by atoms with Gasteiger partial charge in [-0.1, -0.05) is 18.2 Å². The summed E-state index contributed by atoms with van der Waals surface area (Å²) in [6, 6.07) is 9.25. The smallest absolute Gasteiger partial charge is 0.319 e. The lowest BCUT2D eigenvalue weighted by atomic mass is 10.3. The molecule has 1 N–H and O–H groups in total. The molecule has 2 rings (SSSR count). The summed E-state index contributed by atoms with van der Waals surface area (Å²) in [5, 5.41) is 2.66. The van der Waals surface area contributed by atoms with Gasteiger partial charge in [0.05, 0.1) is 20.4 Å². The minimum absolute atomic E-state index is 0.156. The number of nitrogens with one attached hydrogen (secondary N) is 1. The molecule has 0 spiro atoms. The van der Waals surface area contributed by atoms with Gasteiger partial charge in [0.25, 0.3) is 5.91 Å². The van der Waals surface area contributed by atoms with Gasteiger partial charge in [0, 0.05) is 0 Å². The van der Waals surface area contributed by atoms with E-state index in [2.05, 4.69) is 15.3 Å². The Hall–Kier alpha value is -2.83. The second-order valence-electron chi connectivity index (χ2n) is 4.34. The second kappa shape index (κ2) is 7.26. The van der Waals surface area contributed by atoms with Crippen molar-refractivity contribution in [1.82, 2.24) is 9.97 Å². The molecular weight excluding hydrogens is 286 g/mol. The summed E-state index contributed by atoms with van der Waals surface area (Å²) < 4.78 is 15.6. The van der Waals surface area contributed by atoms with E-state index >= 15 is 0 Å². The molecule has 7 nitrogen and oxygen atoms in total. The van der Waals surface area contributed by atoms with Gasteiger partial charge in [-0.3, -0.25) is 4.79 Å². The Balaban J connectivity index is 2.05. The molecule has 0 aliphatic rings.